The van der Waals surface area contributed by atoms with Crippen LogP contribution in [0, 0.1) is 10.1 Å². The molecular formula is C11H13N3O3. The predicted octanol–water partition coefficient (Wildman–Crippen LogP) is 1.67. The van der Waals surface area contributed by atoms with Crippen molar-refractivity contribution in [3.8, 4) is 0 Å². The maximum absolute atomic E-state index is 10.9. The number of hydrogen-bond donors (Lipinski definition) is 1. The zero-order valence-electron chi connectivity index (χ0n) is 9.62. The Labute approximate surface area is 97.6 Å². The quantitative estimate of drug-likeness (QED) is 0.648. The van der Waals surface area contributed by atoms with E-state index in [1.807, 2.05) is 13.8 Å². The lowest BCUT2D eigenvalue weighted by molar-refractivity contribution is -0.383. The topological polar surface area (TPSA) is 81.2 Å². The smallest absolute Gasteiger partial charge is 0.280 e. The highest BCUT2D eigenvalue weighted by atomic mass is 16.6. The van der Waals surface area contributed by atoms with Crippen LogP contribution in [-0.4, -0.2) is 26.4 Å². The summed E-state index contributed by atoms with van der Waals surface area (Å²) < 4.78 is 1.61. The third-order valence-corrected chi connectivity index (χ3v) is 2.75. The van der Waals surface area contributed by atoms with Crippen LogP contribution >= 0.6 is 0 Å². The summed E-state index contributed by atoms with van der Waals surface area (Å²) in [4.78, 5) is 10.4. The van der Waals surface area contributed by atoms with Crippen molar-refractivity contribution in [3.05, 3.63) is 34.5 Å². The highest BCUT2D eigenvalue weighted by molar-refractivity contribution is 5.88. The maximum atomic E-state index is 10.9. The van der Waals surface area contributed by atoms with Gasteiger partial charge in [-0.1, -0.05) is 6.07 Å². The summed E-state index contributed by atoms with van der Waals surface area (Å²) in [7, 11) is 0. The lowest BCUT2D eigenvalue weighted by atomic mass is 10.1. The van der Waals surface area contributed by atoms with Crippen molar-refractivity contribution in [2.24, 2.45) is 0 Å². The van der Waals surface area contributed by atoms with Gasteiger partial charge in [0, 0.05) is 6.07 Å². The number of hydrogen-bond acceptors (Lipinski definition) is 4. The van der Waals surface area contributed by atoms with Gasteiger partial charge in [-0.05, 0) is 19.9 Å². The Kier molecular flexibility index (Phi) is 2.59. The first-order chi connectivity index (χ1) is 7.97. The molecule has 0 aliphatic heterocycles. The number of fused-ring (bicyclic) bond motifs is 1. The Morgan fingerprint density at radius 3 is 2.82 bits per heavy atom. The summed E-state index contributed by atoms with van der Waals surface area (Å²) in [5.41, 5.74) is 0.0949. The molecule has 0 saturated carbocycles. The van der Waals surface area contributed by atoms with Crippen LogP contribution in [0.15, 0.2) is 24.4 Å². The van der Waals surface area contributed by atoms with Crippen LogP contribution < -0.4 is 0 Å². The van der Waals surface area contributed by atoms with Gasteiger partial charge in [-0.15, -0.1) is 0 Å². The van der Waals surface area contributed by atoms with Crippen molar-refractivity contribution in [1.82, 2.24) is 9.78 Å². The van der Waals surface area contributed by atoms with E-state index in [0.29, 0.717) is 10.9 Å². The van der Waals surface area contributed by atoms with Crippen LogP contribution in [0.25, 0.3) is 10.9 Å². The van der Waals surface area contributed by atoms with E-state index in [-0.39, 0.29) is 12.3 Å². The van der Waals surface area contributed by atoms with Crippen LogP contribution in [0.5, 0.6) is 0 Å². The number of nitrogens with zero attached hydrogens (tertiary/aromatic N) is 3. The highest BCUT2D eigenvalue weighted by Crippen LogP contribution is 2.28. The summed E-state index contributed by atoms with van der Waals surface area (Å²) in [6, 6.07) is 4.82. The van der Waals surface area contributed by atoms with Crippen molar-refractivity contribution < 1.29 is 10.0 Å². The van der Waals surface area contributed by atoms with Gasteiger partial charge in [-0.2, -0.15) is 5.10 Å². The van der Waals surface area contributed by atoms with E-state index in [4.69, 9.17) is 0 Å². The second kappa shape index (κ2) is 3.81. The molecule has 2 aromatic rings. The first-order valence-corrected chi connectivity index (χ1v) is 5.20. The Balaban J connectivity index is 2.71. The lowest BCUT2D eigenvalue weighted by Crippen LogP contribution is -2.31. The molecular weight excluding hydrogens is 222 g/mol. The number of rotatable bonds is 3. The van der Waals surface area contributed by atoms with E-state index < -0.39 is 10.5 Å². The number of aromatic nitrogens is 2. The van der Waals surface area contributed by atoms with Gasteiger partial charge in [-0.25, -0.2) is 0 Å². The lowest BCUT2D eigenvalue weighted by Gasteiger charge is -2.23. The van der Waals surface area contributed by atoms with Crippen molar-refractivity contribution in [1.29, 1.82) is 0 Å². The number of non-ortho nitro benzene ring substituents is 1. The molecule has 0 saturated heterocycles. The minimum atomic E-state index is -0.586. The molecule has 0 amide bonds. The average Bonchev–Trinajstić information content (AvgIpc) is 2.72. The monoisotopic (exact) mass is 235 g/mol. The molecule has 2 rings (SSSR count). The number of aliphatic hydroxyl groups is 1. The van der Waals surface area contributed by atoms with Gasteiger partial charge >= 0.3 is 0 Å². The fourth-order valence-electron chi connectivity index (χ4n) is 1.74. The minimum absolute atomic E-state index is 0.0301. The molecule has 17 heavy (non-hydrogen) atoms. The first-order valence-electron chi connectivity index (χ1n) is 5.20. The van der Waals surface area contributed by atoms with Gasteiger partial charge in [0.05, 0.1) is 34.2 Å². The molecule has 90 valence electrons. The summed E-state index contributed by atoms with van der Waals surface area (Å²) in [5, 5.41) is 24.8. The molecule has 1 aromatic carbocycles. The molecule has 0 unspecified atom stereocenters. The second-order valence-corrected chi connectivity index (χ2v) is 4.49. The van der Waals surface area contributed by atoms with Crippen molar-refractivity contribution in [3.63, 3.8) is 0 Å². The molecule has 1 heterocycles. The molecule has 1 N–H and O–H groups in total. The highest BCUT2D eigenvalue weighted by Gasteiger charge is 2.24. The Bertz CT molecular complexity index is 574. The normalized spacial score (nSPS) is 11.9. The van der Waals surface area contributed by atoms with E-state index in [9.17, 15) is 15.2 Å². The standard InChI is InChI=1S/C11H13N3O3/c1-11(2,7-15)13-9-4-3-5-10(14(16)17)8(9)6-12-13/h3-6,15H,7H2,1-2H3. The van der Waals surface area contributed by atoms with Gasteiger partial charge in [0.2, 0.25) is 0 Å². The average molecular weight is 235 g/mol. The molecule has 0 radical (unpaired) electrons. The predicted molar refractivity (Wildman–Crippen MR) is 62.8 cm³/mol. The zero-order chi connectivity index (χ0) is 12.6. The largest absolute Gasteiger partial charge is 0.394 e. The SMILES string of the molecule is CC(C)(CO)n1ncc2c([N+](=O)[O-])cccc21. The van der Waals surface area contributed by atoms with E-state index in [0.717, 1.165) is 0 Å². The van der Waals surface area contributed by atoms with Crippen molar-refractivity contribution in [2.45, 2.75) is 19.4 Å². The molecule has 0 fully saturated rings. The minimum Gasteiger partial charge on any atom is -0.394 e. The van der Waals surface area contributed by atoms with Gasteiger partial charge in [0.15, 0.2) is 0 Å². The second-order valence-electron chi connectivity index (χ2n) is 4.49. The van der Waals surface area contributed by atoms with E-state index in [1.54, 1.807) is 16.8 Å². The molecule has 6 nitrogen and oxygen atoms in total. The van der Waals surface area contributed by atoms with Crippen molar-refractivity contribution >= 4 is 16.6 Å². The molecule has 0 bridgehead atoms. The summed E-state index contributed by atoms with van der Waals surface area (Å²) in [6.45, 7) is 3.54. The van der Waals surface area contributed by atoms with Crippen LogP contribution in [-0.2, 0) is 5.54 Å². The summed E-state index contributed by atoms with van der Waals surface area (Å²) in [5.74, 6) is 0. The number of nitro groups is 1. The van der Waals surface area contributed by atoms with Crippen LogP contribution in [0.4, 0.5) is 5.69 Å². The van der Waals surface area contributed by atoms with Gasteiger partial charge in [-0.3, -0.25) is 14.8 Å². The third-order valence-electron chi connectivity index (χ3n) is 2.75. The Morgan fingerprint density at radius 1 is 1.53 bits per heavy atom. The third kappa shape index (κ3) is 1.76. The summed E-state index contributed by atoms with van der Waals surface area (Å²) in [6.07, 6.45) is 1.46. The number of nitro benzene ring substituents is 1. The van der Waals surface area contributed by atoms with E-state index >= 15 is 0 Å². The summed E-state index contributed by atoms with van der Waals surface area (Å²) >= 11 is 0. The van der Waals surface area contributed by atoms with Crippen LogP contribution in [0.1, 0.15) is 13.8 Å². The molecule has 0 atom stereocenters. The van der Waals surface area contributed by atoms with Gasteiger partial charge in [0.1, 0.15) is 0 Å². The maximum Gasteiger partial charge on any atom is 0.280 e. The van der Waals surface area contributed by atoms with Crippen molar-refractivity contribution in [2.75, 3.05) is 6.61 Å². The Morgan fingerprint density at radius 2 is 2.24 bits per heavy atom. The van der Waals surface area contributed by atoms with E-state index in [1.165, 1.54) is 12.3 Å². The molecule has 1 aromatic heterocycles. The van der Waals surface area contributed by atoms with Gasteiger partial charge < -0.3 is 5.11 Å². The van der Waals surface area contributed by atoms with E-state index in [2.05, 4.69) is 5.10 Å². The first kappa shape index (κ1) is 11.5. The Hall–Kier alpha value is -1.95. The zero-order valence-corrected chi connectivity index (χ0v) is 9.62. The molecule has 0 aliphatic rings. The fraction of sp³-hybridized carbons (Fsp3) is 0.364. The number of benzene rings is 1. The molecule has 0 spiro atoms. The van der Waals surface area contributed by atoms with Crippen LogP contribution in [0.2, 0.25) is 0 Å². The number of aliphatic hydroxyl groups excluding tert-OH is 1. The van der Waals surface area contributed by atoms with Crippen LogP contribution in [0.3, 0.4) is 0 Å². The molecule has 0 aliphatic carbocycles. The molecule has 6 heteroatoms. The fourth-order valence-corrected chi connectivity index (χ4v) is 1.74. The van der Waals surface area contributed by atoms with Gasteiger partial charge in [0.25, 0.3) is 5.69 Å².